The first kappa shape index (κ1) is 20.8. The Morgan fingerprint density at radius 2 is 1.76 bits per heavy atom. The van der Waals surface area contributed by atoms with E-state index in [1.54, 1.807) is 18.2 Å². The maximum Gasteiger partial charge on any atom is 0.321 e. The number of nitrogens with zero attached hydrogens (tertiary/aromatic N) is 1. The van der Waals surface area contributed by atoms with E-state index >= 15 is 0 Å². The highest BCUT2D eigenvalue weighted by Gasteiger charge is 2.23. The van der Waals surface area contributed by atoms with E-state index in [4.69, 9.17) is 0 Å². The molecule has 3 amide bonds. The van der Waals surface area contributed by atoms with Gasteiger partial charge in [0.1, 0.15) is 5.82 Å². The first-order valence-corrected chi connectivity index (χ1v) is 10.1. The average molecular weight is 397 g/mol. The molecule has 0 aromatic heterocycles. The number of aryl methyl sites for hydroxylation is 1. The summed E-state index contributed by atoms with van der Waals surface area (Å²) in [5.74, 6) is -0.0320. The van der Waals surface area contributed by atoms with Crippen LogP contribution in [-0.4, -0.2) is 36.5 Å². The van der Waals surface area contributed by atoms with Gasteiger partial charge in [-0.2, -0.15) is 0 Å². The maximum absolute atomic E-state index is 13.6. The van der Waals surface area contributed by atoms with E-state index in [0.717, 1.165) is 30.5 Å². The van der Waals surface area contributed by atoms with Crippen LogP contribution in [0.3, 0.4) is 0 Å². The molecule has 2 aromatic rings. The van der Waals surface area contributed by atoms with Gasteiger partial charge in [0, 0.05) is 25.3 Å². The summed E-state index contributed by atoms with van der Waals surface area (Å²) in [6.07, 6.45) is 2.77. The Morgan fingerprint density at radius 3 is 2.48 bits per heavy atom. The van der Waals surface area contributed by atoms with Crippen LogP contribution in [0.25, 0.3) is 0 Å². The number of rotatable bonds is 6. The molecule has 1 aliphatic heterocycles. The summed E-state index contributed by atoms with van der Waals surface area (Å²) in [5, 5.41) is 5.86. The van der Waals surface area contributed by atoms with Crippen molar-refractivity contribution in [3.05, 3.63) is 65.5 Å². The van der Waals surface area contributed by atoms with Crippen molar-refractivity contribution in [2.75, 3.05) is 25.0 Å². The fourth-order valence-electron chi connectivity index (χ4n) is 3.63. The van der Waals surface area contributed by atoms with Crippen LogP contribution in [-0.2, 0) is 11.2 Å². The van der Waals surface area contributed by atoms with Crippen LogP contribution in [0, 0.1) is 18.7 Å². The Labute approximate surface area is 171 Å². The second kappa shape index (κ2) is 10.0. The topological polar surface area (TPSA) is 61.4 Å². The zero-order chi connectivity index (χ0) is 20.6. The summed E-state index contributed by atoms with van der Waals surface area (Å²) in [5.41, 5.74) is 2.30. The molecule has 0 radical (unpaired) electrons. The first-order chi connectivity index (χ1) is 14.0. The molecule has 0 atom stereocenters. The van der Waals surface area contributed by atoms with E-state index in [1.165, 1.54) is 6.07 Å². The van der Waals surface area contributed by atoms with Crippen LogP contribution < -0.4 is 10.6 Å². The summed E-state index contributed by atoms with van der Waals surface area (Å²) in [7, 11) is 0. The molecule has 0 saturated carbocycles. The predicted octanol–water partition coefficient (Wildman–Crippen LogP) is 4.13. The lowest BCUT2D eigenvalue weighted by Gasteiger charge is -2.32. The van der Waals surface area contributed by atoms with Crippen LogP contribution in [0.5, 0.6) is 0 Å². The zero-order valence-electron chi connectivity index (χ0n) is 16.8. The number of benzene rings is 2. The number of hydrogen-bond donors (Lipinski definition) is 2. The lowest BCUT2D eigenvalue weighted by atomic mass is 9.93. The molecule has 0 unspecified atom stereocenters. The zero-order valence-corrected chi connectivity index (χ0v) is 16.8. The molecule has 5 nitrogen and oxygen atoms in total. The molecule has 0 spiro atoms. The normalized spacial score (nSPS) is 14.5. The molecule has 29 heavy (non-hydrogen) atoms. The number of urea groups is 1. The number of carbonyl (C=O) groups excluding carboxylic acids is 2. The SMILES string of the molecule is Cc1ccccc1NC(=O)N1CCC(CCNC(=O)Cc2ccccc2F)CC1. The summed E-state index contributed by atoms with van der Waals surface area (Å²) in [6, 6.07) is 14.0. The molecular formula is C23H28FN3O2. The minimum Gasteiger partial charge on any atom is -0.356 e. The van der Waals surface area contributed by atoms with Crippen molar-refractivity contribution in [1.82, 2.24) is 10.2 Å². The van der Waals surface area contributed by atoms with E-state index in [1.807, 2.05) is 36.1 Å². The van der Waals surface area contributed by atoms with Crippen molar-refractivity contribution in [2.45, 2.75) is 32.6 Å². The maximum atomic E-state index is 13.6. The fourth-order valence-corrected chi connectivity index (χ4v) is 3.63. The van der Waals surface area contributed by atoms with Gasteiger partial charge in [0.05, 0.1) is 6.42 Å². The number of para-hydroxylation sites is 1. The molecule has 0 bridgehead atoms. The molecule has 6 heteroatoms. The Bertz CT molecular complexity index is 845. The predicted molar refractivity (Wildman–Crippen MR) is 112 cm³/mol. The summed E-state index contributed by atoms with van der Waals surface area (Å²) >= 11 is 0. The summed E-state index contributed by atoms with van der Waals surface area (Å²) in [4.78, 5) is 26.3. The Kier molecular flexibility index (Phi) is 7.22. The quantitative estimate of drug-likeness (QED) is 0.770. The van der Waals surface area contributed by atoms with E-state index in [9.17, 15) is 14.0 Å². The smallest absolute Gasteiger partial charge is 0.321 e. The molecule has 1 saturated heterocycles. The van der Waals surface area contributed by atoms with E-state index in [-0.39, 0.29) is 24.2 Å². The highest BCUT2D eigenvalue weighted by molar-refractivity contribution is 5.90. The molecule has 3 rings (SSSR count). The second-order valence-electron chi connectivity index (χ2n) is 7.58. The number of amides is 3. The monoisotopic (exact) mass is 397 g/mol. The van der Waals surface area contributed by atoms with Gasteiger partial charge in [-0.3, -0.25) is 4.79 Å². The minimum atomic E-state index is -0.348. The second-order valence-corrected chi connectivity index (χ2v) is 7.58. The molecule has 1 aliphatic rings. The third kappa shape index (κ3) is 6.04. The fraction of sp³-hybridized carbons (Fsp3) is 0.391. The van der Waals surface area contributed by atoms with E-state index in [2.05, 4.69) is 10.6 Å². The lowest BCUT2D eigenvalue weighted by molar-refractivity contribution is -0.120. The average Bonchev–Trinajstić information content (AvgIpc) is 2.72. The third-order valence-electron chi connectivity index (χ3n) is 5.47. The molecule has 0 aliphatic carbocycles. The van der Waals surface area contributed by atoms with Gasteiger partial charge < -0.3 is 15.5 Å². The van der Waals surface area contributed by atoms with Gasteiger partial charge in [-0.1, -0.05) is 36.4 Å². The summed E-state index contributed by atoms with van der Waals surface area (Å²) in [6.45, 7) is 3.98. The highest BCUT2D eigenvalue weighted by Crippen LogP contribution is 2.21. The van der Waals surface area contributed by atoms with Crippen LogP contribution in [0.2, 0.25) is 0 Å². The number of hydrogen-bond acceptors (Lipinski definition) is 2. The van der Waals surface area contributed by atoms with Gasteiger partial charge in [0.15, 0.2) is 0 Å². The van der Waals surface area contributed by atoms with Crippen molar-refractivity contribution in [3.63, 3.8) is 0 Å². The third-order valence-corrected chi connectivity index (χ3v) is 5.47. The van der Waals surface area contributed by atoms with Gasteiger partial charge >= 0.3 is 6.03 Å². The molecule has 1 heterocycles. The van der Waals surface area contributed by atoms with Crippen LogP contribution in [0.15, 0.2) is 48.5 Å². The Hall–Kier alpha value is -2.89. The molecular weight excluding hydrogens is 369 g/mol. The number of anilines is 1. The Balaban J connectivity index is 1.35. The number of nitrogens with one attached hydrogen (secondary N) is 2. The summed E-state index contributed by atoms with van der Waals surface area (Å²) < 4.78 is 13.6. The van der Waals surface area contributed by atoms with Crippen LogP contribution in [0.4, 0.5) is 14.9 Å². The lowest BCUT2D eigenvalue weighted by Crippen LogP contribution is -2.41. The molecule has 1 fully saturated rings. The van der Waals surface area contributed by atoms with Crippen molar-refractivity contribution >= 4 is 17.6 Å². The van der Waals surface area contributed by atoms with Gasteiger partial charge in [-0.25, -0.2) is 9.18 Å². The first-order valence-electron chi connectivity index (χ1n) is 10.1. The van der Waals surface area contributed by atoms with Gasteiger partial charge in [0.2, 0.25) is 5.91 Å². The largest absolute Gasteiger partial charge is 0.356 e. The number of halogens is 1. The molecule has 2 N–H and O–H groups in total. The van der Waals surface area contributed by atoms with E-state index < -0.39 is 0 Å². The van der Waals surface area contributed by atoms with Gasteiger partial charge in [0.25, 0.3) is 0 Å². The van der Waals surface area contributed by atoms with Crippen molar-refractivity contribution in [2.24, 2.45) is 5.92 Å². The van der Waals surface area contributed by atoms with Gasteiger partial charge in [-0.15, -0.1) is 0 Å². The minimum absolute atomic E-state index is 0.0593. The van der Waals surface area contributed by atoms with Gasteiger partial charge in [-0.05, 0) is 55.4 Å². The standard InChI is InChI=1S/C23H28FN3O2/c1-17-6-2-5-9-21(17)26-23(29)27-14-11-18(12-15-27)10-13-25-22(28)16-19-7-3-4-8-20(19)24/h2-9,18H,10-16H2,1H3,(H,25,28)(H,26,29). The highest BCUT2D eigenvalue weighted by atomic mass is 19.1. The van der Waals surface area contributed by atoms with Crippen molar-refractivity contribution in [3.8, 4) is 0 Å². The van der Waals surface area contributed by atoms with Crippen molar-refractivity contribution in [1.29, 1.82) is 0 Å². The molecule has 2 aromatic carbocycles. The van der Waals surface area contributed by atoms with Crippen LogP contribution >= 0.6 is 0 Å². The van der Waals surface area contributed by atoms with Crippen molar-refractivity contribution < 1.29 is 14.0 Å². The number of likely N-dealkylation sites (tertiary alicyclic amines) is 1. The van der Waals surface area contributed by atoms with Crippen LogP contribution in [0.1, 0.15) is 30.4 Å². The Morgan fingerprint density at radius 1 is 1.07 bits per heavy atom. The number of piperidine rings is 1. The number of carbonyl (C=O) groups is 2. The molecule has 154 valence electrons. The van der Waals surface area contributed by atoms with E-state index in [0.29, 0.717) is 31.1 Å².